The first-order valence-corrected chi connectivity index (χ1v) is 6.36. The van der Waals surface area contributed by atoms with Crippen molar-refractivity contribution in [3.63, 3.8) is 0 Å². The van der Waals surface area contributed by atoms with Gasteiger partial charge in [-0.05, 0) is 63.6 Å². The van der Waals surface area contributed by atoms with E-state index in [1.807, 2.05) is 0 Å². The van der Waals surface area contributed by atoms with Crippen LogP contribution in [-0.2, 0) is 0 Å². The average Bonchev–Trinajstić information content (AvgIpc) is 3.03. The van der Waals surface area contributed by atoms with Crippen LogP contribution < -0.4 is 10.6 Å². The van der Waals surface area contributed by atoms with E-state index in [9.17, 15) is 0 Å². The van der Waals surface area contributed by atoms with E-state index in [0.29, 0.717) is 0 Å². The van der Waals surface area contributed by atoms with Gasteiger partial charge in [0.15, 0.2) is 0 Å². The molecule has 2 aliphatic carbocycles. The van der Waals surface area contributed by atoms with Gasteiger partial charge in [-0.15, -0.1) is 0 Å². The average molecular weight is 196 g/mol. The minimum Gasteiger partial charge on any atom is -0.317 e. The lowest BCUT2D eigenvalue weighted by Crippen LogP contribution is -2.35. The summed E-state index contributed by atoms with van der Waals surface area (Å²) in [5.41, 5.74) is 0. The van der Waals surface area contributed by atoms with Crippen molar-refractivity contribution in [3.8, 4) is 0 Å². The molecule has 2 N–H and O–H groups in total. The molecule has 0 aromatic rings. The van der Waals surface area contributed by atoms with Crippen LogP contribution in [-0.4, -0.2) is 25.7 Å². The van der Waals surface area contributed by atoms with E-state index >= 15 is 0 Å². The van der Waals surface area contributed by atoms with Gasteiger partial charge < -0.3 is 10.6 Å². The standard InChI is InChI=1S/C12H24N2/c1-2-13-8-3-9-14-12(10-4-5-10)11-6-7-11/h10-14H,2-9H2,1H3. The fraction of sp³-hybridized carbons (Fsp3) is 1.00. The quantitative estimate of drug-likeness (QED) is 0.578. The third kappa shape index (κ3) is 3.25. The highest BCUT2D eigenvalue weighted by Gasteiger charge is 2.40. The molecule has 0 bridgehead atoms. The summed E-state index contributed by atoms with van der Waals surface area (Å²) >= 11 is 0. The Morgan fingerprint density at radius 1 is 1.07 bits per heavy atom. The Morgan fingerprint density at radius 2 is 1.71 bits per heavy atom. The number of rotatable bonds is 8. The monoisotopic (exact) mass is 196 g/mol. The molecule has 2 rings (SSSR count). The summed E-state index contributed by atoms with van der Waals surface area (Å²) in [6.07, 6.45) is 7.23. The van der Waals surface area contributed by atoms with Crippen molar-refractivity contribution in [1.29, 1.82) is 0 Å². The molecule has 0 heterocycles. The minimum absolute atomic E-state index is 0.886. The summed E-state index contributed by atoms with van der Waals surface area (Å²) in [5, 5.41) is 7.13. The first-order valence-electron chi connectivity index (χ1n) is 6.36. The zero-order valence-corrected chi connectivity index (χ0v) is 9.39. The maximum absolute atomic E-state index is 3.76. The molecule has 2 heteroatoms. The summed E-state index contributed by atoms with van der Waals surface area (Å²) in [6, 6.07) is 0.886. The summed E-state index contributed by atoms with van der Waals surface area (Å²) in [5.74, 6) is 2.09. The lowest BCUT2D eigenvalue weighted by Gasteiger charge is -2.17. The van der Waals surface area contributed by atoms with Crippen molar-refractivity contribution in [2.24, 2.45) is 11.8 Å². The minimum atomic E-state index is 0.886. The molecular formula is C12H24N2. The highest BCUT2D eigenvalue weighted by molar-refractivity contribution is 4.96. The van der Waals surface area contributed by atoms with E-state index in [1.54, 1.807) is 0 Å². The largest absolute Gasteiger partial charge is 0.317 e. The molecule has 0 aromatic heterocycles. The third-order valence-corrected chi connectivity index (χ3v) is 3.42. The van der Waals surface area contributed by atoms with E-state index in [0.717, 1.165) is 24.4 Å². The van der Waals surface area contributed by atoms with Crippen molar-refractivity contribution >= 4 is 0 Å². The SMILES string of the molecule is CCNCCCNC(C1CC1)C1CC1. The van der Waals surface area contributed by atoms with Crippen LogP contribution in [0.5, 0.6) is 0 Å². The van der Waals surface area contributed by atoms with E-state index in [2.05, 4.69) is 17.6 Å². The number of hydrogen-bond acceptors (Lipinski definition) is 2. The zero-order chi connectivity index (χ0) is 9.80. The fourth-order valence-electron chi connectivity index (χ4n) is 2.29. The summed E-state index contributed by atoms with van der Waals surface area (Å²) in [6.45, 7) is 5.66. The van der Waals surface area contributed by atoms with Gasteiger partial charge in [-0.1, -0.05) is 6.92 Å². The van der Waals surface area contributed by atoms with Crippen LogP contribution in [0.4, 0.5) is 0 Å². The Hall–Kier alpha value is -0.0800. The molecule has 0 radical (unpaired) electrons. The van der Waals surface area contributed by atoms with Crippen LogP contribution in [0, 0.1) is 11.8 Å². The highest BCUT2D eigenvalue weighted by atomic mass is 15.0. The van der Waals surface area contributed by atoms with Gasteiger partial charge in [-0.2, -0.15) is 0 Å². The molecule has 0 aromatic carbocycles. The molecule has 0 saturated heterocycles. The Bertz CT molecular complexity index is 150. The van der Waals surface area contributed by atoms with E-state index in [-0.39, 0.29) is 0 Å². The summed E-state index contributed by atoms with van der Waals surface area (Å²) in [4.78, 5) is 0. The normalized spacial score (nSPS) is 21.9. The fourth-order valence-corrected chi connectivity index (χ4v) is 2.29. The molecule has 2 fully saturated rings. The van der Waals surface area contributed by atoms with Gasteiger partial charge in [-0.3, -0.25) is 0 Å². The van der Waals surface area contributed by atoms with Crippen molar-refractivity contribution in [2.75, 3.05) is 19.6 Å². The predicted molar refractivity (Wildman–Crippen MR) is 60.4 cm³/mol. The Labute approximate surface area is 87.8 Å². The molecule has 82 valence electrons. The molecular weight excluding hydrogens is 172 g/mol. The first kappa shape index (κ1) is 10.4. The molecule has 0 unspecified atom stereocenters. The lowest BCUT2D eigenvalue weighted by atomic mass is 10.1. The Morgan fingerprint density at radius 3 is 2.21 bits per heavy atom. The number of nitrogens with one attached hydrogen (secondary N) is 2. The van der Waals surface area contributed by atoms with Gasteiger partial charge in [0.05, 0.1) is 0 Å². The maximum atomic E-state index is 3.76. The second-order valence-corrected chi connectivity index (χ2v) is 4.86. The highest BCUT2D eigenvalue weighted by Crippen LogP contribution is 2.44. The second kappa shape index (κ2) is 5.13. The molecule has 2 nitrogen and oxygen atoms in total. The van der Waals surface area contributed by atoms with Crippen LogP contribution in [0.2, 0.25) is 0 Å². The van der Waals surface area contributed by atoms with Crippen molar-refractivity contribution in [2.45, 2.75) is 45.1 Å². The van der Waals surface area contributed by atoms with Gasteiger partial charge in [0.25, 0.3) is 0 Å². The molecule has 2 aliphatic rings. The summed E-state index contributed by atoms with van der Waals surface area (Å²) in [7, 11) is 0. The van der Waals surface area contributed by atoms with Crippen LogP contribution in [0.1, 0.15) is 39.0 Å². The third-order valence-electron chi connectivity index (χ3n) is 3.42. The van der Waals surface area contributed by atoms with Crippen molar-refractivity contribution < 1.29 is 0 Å². The predicted octanol–water partition coefficient (Wildman–Crippen LogP) is 1.76. The van der Waals surface area contributed by atoms with Crippen LogP contribution in [0.3, 0.4) is 0 Å². The van der Waals surface area contributed by atoms with Gasteiger partial charge >= 0.3 is 0 Å². The van der Waals surface area contributed by atoms with Crippen LogP contribution in [0.25, 0.3) is 0 Å². The molecule has 0 spiro atoms. The molecule has 0 atom stereocenters. The van der Waals surface area contributed by atoms with Gasteiger partial charge in [-0.25, -0.2) is 0 Å². The Kier molecular flexibility index (Phi) is 3.82. The zero-order valence-electron chi connectivity index (χ0n) is 9.39. The van der Waals surface area contributed by atoms with Crippen LogP contribution in [0.15, 0.2) is 0 Å². The molecule has 0 amide bonds. The molecule has 14 heavy (non-hydrogen) atoms. The summed E-state index contributed by atoms with van der Waals surface area (Å²) < 4.78 is 0. The van der Waals surface area contributed by atoms with Gasteiger partial charge in [0, 0.05) is 6.04 Å². The van der Waals surface area contributed by atoms with Gasteiger partial charge in [0.1, 0.15) is 0 Å². The van der Waals surface area contributed by atoms with Crippen LogP contribution >= 0.6 is 0 Å². The number of hydrogen-bond donors (Lipinski definition) is 2. The maximum Gasteiger partial charge on any atom is 0.0124 e. The van der Waals surface area contributed by atoms with Crippen molar-refractivity contribution in [3.05, 3.63) is 0 Å². The van der Waals surface area contributed by atoms with E-state index < -0.39 is 0 Å². The topological polar surface area (TPSA) is 24.1 Å². The smallest absolute Gasteiger partial charge is 0.0124 e. The second-order valence-electron chi connectivity index (χ2n) is 4.86. The van der Waals surface area contributed by atoms with Gasteiger partial charge in [0.2, 0.25) is 0 Å². The molecule has 0 aliphatic heterocycles. The molecule has 2 saturated carbocycles. The lowest BCUT2D eigenvalue weighted by molar-refractivity contribution is 0.412. The first-order chi connectivity index (χ1) is 6.92. The Balaban J connectivity index is 1.53. The van der Waals surface area contributed by atoms with E-state index in [1.165, 1.54) is 45.2 Å². The van der Waals surface area contributed by atoms with Crippen molar-refractivity contribution in [1.82, 2.24) is 10.6 Å². The van der Waals surface area contributed by atoms with E-state index in [4.69, 9.17) is 0 Å².